The Morgan fingerprint density at radius 1 is 0.950 bits per heavy atom. The summed E-state index contributed by atoms with van der Waals surface area (Å²) in [6, 6.07) is 6.86. The van der Waals surface area contributed by atoms with Gasteiger partial charge >= 0.3 is 0 Å². The summed E-state index contributed by atoms with van der Waals surface area (Å²) in [6.07, 6.45) is 4.13. The standard InChI is InChI=1S/C30H41N3O7/c1-19(34)33-23-12-10-20-17-26(38-3)29(39-4)30(40-5)28(20)21-11-13-24(25(35)18-22(21)23)31-14-8-6-7-9-27(36)32-15-16-37-2/h11,13,17-18,23H,6-10,12,14-16H2,1-5H3,(H,31,35)(H,32,36)(H,33,34). The summed E-state index contributed by atoms with van der Waals surface area (Å²) in [6.45, 7) is 3.07. The molecule has 0 saturated heterocycles. The summed E-state index contributed by atoms with van der Waals surface area (Å²) < 4.78 is 22.0. The number of carbonyl (C=O) groups excluding carboxylic acids is 2. The largest absolute Gasteiger partial charge is 0.493 e. The number of unbranched alkanes of at least 4 members (excludes halogenated alkanes) is 2. The molecule has 1 aliphatic carbocycles. The molecule has 2 aromatic rings. The summed E-state index contributed by atoms with van der Waals surface area (Å²) in [5.74, 6) is 1.38. The van der Waals surface area contributed by atoms with Gasteiger partial charge in [-0.05, 0) is 60.6 Å². The SMILES string of the molecule is COCCNC(=O)CCCCCNc1ccc2c(cc1=O)C(NC(C)=O)CCc1cc(OC)c(OC)c(OC)c1-2. The highest BCUT2D eigenvalue weighted by molar-refractivity contribution is 5.83. The zero-order valence-corrected chi connectivity index (χ0v) is 24.1. The van der Waals surface area contributed by atoms with E-state index in [1.54, 1.807) is 40.6 Å². The summed E-state index contributed by atoms with van der Waals surface area (Å²) in [5, 5.41) is 9.09. The average molecular weight is 556 g/mol. The number of amides is 2. The molecule has 218 valence electrons. The van der Waals surface area contributed by atoms with Crippen LogP contribution in [0.15, 0.2) is 29.1 Å². The van der Waals surface area contributed by atoms with E-state index < -0.39 is 0 Å². The third kappa shape index (κ3) is 7.65. The minimum atomic E-state index is -0.357. The number of fused-ring (bicyclic) bond motifs is 3. The van der Waals surface area contributed by atoms with Gasteiger partial charge in [-0.2, -0.15) is 0 Å². The molecule has 1 atom stereocenters. The summed E-state index contributed by atoms with van der Waals surface area (Å²) in [5.41, 5.74) is 3.59. The van der Waals surface area contributed by atoms with Gasteiger partial charge in [0.25, 0.3) is 0 Å². The molecular weight excluding hydrogens is 514 g/mol. The number of ether oxygens (including phenoxy) is 4. The molecule has 10 heteroatoms. The van der Waals surface area contributed by atoms with Gasteiger partial charge in [-0.1, -0.05) is 12.5 Å². The van der Waals surface area contributed by atoms with Gasteiger partial charge in [0.05, 0.1) is 39.7 Å². The second kappa shape index (κ2) is 15.1. The van der Waals surface area contributed by atoms with Crippen LogP contribution in [-0.2, 0) is 20.7 Å². The maximum atomic E-state index is 13.3. The first kappa shape index (κ1) is 30.7. The maximum Gasteiger partial charge on any atom is 0.220 e. The summed E-state index contributed by atoms with van der Waals surface area (Å²) in [7, 11) is 6.31. The zero-order chi connectivity index (χ0) is 29.1. The molecular formula is C30H41N3O7. The van der Waals surface area contributed by atoms with E-state index in [2.05, 4.69) is 16.0 Å². The Morgan fingerprint density at radius 2 is 1.73 bits per heavy atom. The number of aryl methyl sites for hydroxylation is 1. The van der Waals surface area contributed by atoms with Crippen LogP contribution in [-0.4, -0.2) is 59.9 Å². The first-order valence-electron chi connectivity index (χ1n) is 13.6. The molecule has 0 fully saturated rings. The van der Waals surface area contributed by atoms with Crippen LogP contribution in [0.3, 0.4) is 0 Å². The topological polar surface area (TPSA) is 124 Å². The van der Waals surface area contributed by atoms with E-state index in [1.165, 1.54) is 6.92 Å². The van der Waals surface area contributed by atoms with Crippen molar-refractivity contribution in [1.29, 1.82) is 0 Å². The number of methoxy groups -OCH3 is 4. The Kier molecular flexibility index (Phi) is 11.6. The Bertz CT molecular complexity index is 1250. The van der Waals surface area contributed by atoms with Crippen LogP contribution in [0, 0.1) is 0 Å². The molecule has 0 aromatic heterocycles. The van der Waals surface area contributed by atoms with Crippen LogP contribution in [0.2, 0.25) is 0 Å². The van der Waals surface area contributed by atoms with Crippen molar-refractivity contribution in [2.24, 2.45) is 0 Å². The first-order valence-corrected chi connectivity index (χ1v) is 13.6. The lowest BCUT2D eigenvalue weighted by Crippen LogP contribution is -2.26. The fourth-order valence-corrected chi connectivity index (χ4v) is 5.05. The number of hydrogen-bond acceptors (Lipinski definition) is 8. The molecule has 1 unspecified atom stereocenters. The Labute approximate surface area is 235 Å². The lowest BCUT2D eigenvalue weighted by molar-refractivity contribution is -0.121. The van der Waals surface area contributed by atoms with Crippen LogP contribution >= 0.6 is 0 Å². The van der Waals surface area contributed by atoms with Crippen molar-refractivity contribution in [3.05, 3.63) is 45.6 Å². The monoisotopic (exact) mass is 555 g/mol. The number of anilines is 1. The predicted octanol–water partition coefficient (Wildman–Crippen LogP) is 3.60. The van der Waals surface area contributed by atoms with Gasteiger partial charge in [0.2, 0.25) is 23.0 Å². The number of nitrogens with one attached hydrogen (secondary N) is 3. The quantitative estimate of drug-likeness (QED) is 0.302. The van der Waals surface area contributed by atoms with E-state index >= 15 is 0 Å². The Morgan fingerprint density at radius 3 is 2.40 bits per heavy atom. The highest BCUT2D eigenvalue weighted by Crippen LogP contribution is 2.50. The first-order chi connectivity index (χ1) is 19.3. The minimum absolute atomic E-state index is 0.0159. The fraction of sp³-hybridized carbons (Fsp3) is 0.500. The van der Waals surface area contributed by atoms with Crippen molar-refractivity contribution in [1.82, 2.24) is 10.6 Å². The highest BCUT2D eigenvalue weighted by Gasteiger charge is 2.29. The third-order valence-electron chi connectivity index (χ3n) is 6.94. The van der Waals surface area contributed by atoms with Crippen LogP contribution in [0.25, 0.3) is 11.1 Å². The molecule has 0 spiro atoms. The number of rotatable bonds is 14. The minimum Gasteiger partial charge on any atom is -0.493 e. The Balaban J connectivity index is 1.87. The van der Waals surface area contributed by atoms with Crippen molar-refractivity contribution in [3.8, 4) is 28.4 Å². The Hall–Kier alpha value is -3.79. The molecule has 0 radical (unpaired) electrons. The van der Waals surface area contributed by atoms with Gasteiger partial charge in [0.1, 0.15) is 0 Å². The molecule has 0 heterocycles. The molecule has 2 amide bonds. The molecule has 2 aromatic carbocycles. The van der Waals surface area contributed by atoms with Gasteiger partial charge < -0.3 is 34.9 Å². The summed E-state index contributed by atoms with van der Waals surface area (Å²) >= 11 is 0. The normalized spacial score (nSPS) is 13.8. The van der Waals surface area contributed by atoms with E-state index in [1.807, 2.05) is 12.1 Å². The molecule has 1 aliphatic rings. The van der Waals surface area contributed by atoms with Crippen LogP contribution < -0.4 is 35.6 Å². The lowest BCUT2D eigenvalue weighted by atomic mass is 9.95. The second-order valence-corrected chi connectivity index (χ2v) is 9.68. The van der Waals surface area contributed by atoms with Gasteiger partial charge in [-0.15, -0.1) is 0 Å². The molecule has 0 bridgehead atoms. The van der Waals surface area contributed by atoms with Gasteiger partial charge in [-0.25, -0.2) is 0 Å². The van der Waals surface area contributed by atoms with Gasteiger partial charge in [-0.3, -0.25) is 14.4 Å². The highest BCUT2D eigenvalue weighted by atomic mass is 16.5. The molecule has 10 nitrogen and oxygen atoms in total. The number of benzene rings is 1. The number of hydrogen-bond donors (Lipinski definition) is 3. The molecule has 0 aliphatic heterocycles. The van der Waals surface area contributed by atoms with E-state index in [4.69, 9.17) is 18.9 Å². The van der Waals surface area contributed by atoms with Crippen molar-refractivity contribution in [2.45, 2.75) is 51.5 Å². The molecule has 3 rings (SSSR count). The van der Waals surface area contributed by atoms with Crippen molar-refractivity contribution < 1.29 is 28.5 Å². The van der Waals surface area contributed by atoms with Crippen molar-refractivity contribution >= 4 is 17.5 Å². The maximum absolute atomic E-state index is 13.3. The van der Waals surface area contributed by atoms with Crippen LogP contribution in [0.4, 0.5) is 5.69 Å². The van der Waals surface area contributed by atoms with Crippen molar-refractivity contribution in [3.63, 3.8) is 0 Å². The average Bonchev–Trinajstić information content (AvgIpc) is 3.18. The van der Waals surface area contributed by atoms with Gasteiger partial charge in [0.15, 0.2) is 11.5 Å². The molecule has 3 N–H and O–H groups in total. The van der Waals surface area contributed by atoms with Gasteiger partial charge in [0, 0.05) is 39.1 Å². The zero-order valence-electron chi connectivity index (χ0n) is 24.1. The molecule has 0 saturated carbocycles. The predicted molar refractivity (Wildman–Crippen MR) is 155 cm³/mol. The fourth-order valence-electron chi connectivity index (χ4n) is 5.05. The smallest absolute Gasteiger partial charge is 0.220 e. The number of carbonyl (C=O) groups is 2. The van der Waals surface area contributed by atoms with Crippen LogP contribution in [0.1, 0.15) is 56.2 Å². The van der Waals surface area contributed by atoms with E-state index in [-0.39, 0.29) is 23.3 Å². The molecule has 40 heavy (non-hydrogen) atoms. The lowest BCUT2D eigenvalue weighted by Gasteiger charge is -2.19. The third-order valence-corrected chi connectivity index (χ3v) is 6.94. The van der Waals surface area contributed by atoms with E-state index in [9.17, 15) is 14.4 Å². The second-order valence-electron chi connectivity index (χ2n) is 9.68. The van der Waals surface area contributed by atoms with E-state index in [0.717, 1.165) is 41.5 Å². The van der Waals surface area contributed by atoms with E-state index in [0.29, 0.717) is 61.9 Å². The van der Waals surface area contributed by atoms with Crippen LogP contribution in [0.5, 0.6) is 17.2 Å². The van der Waals surface area contributed by atoms with Crippen molar-refractivity contribution in [2.75, 3.05) is 53.5 Å². The summed E-state index contributed by atoms with van der Waals surface area (Å²) in [4.78, 5) is 37.3.